The highest BCUT2D eigenvalue weighted by atomic mass is 79.9. The minimum Gasteiger partial charge on any atom is -0.398 e. The van der Waals surface area contributed by atoms with Crippen molar-refractivity contribution in [1.29, 1.82) is 0 Å². The van der Waals surface area contributed by atoms with Gasteiger partial charge in [0.05, 0.1) is 0 Å². The van der Waals surface area contributed by atoms with Gasteiger partial charge in [0.15, 0.2) is 0 Å². The predicted octanol–water partition coefficient (Wildman–Crippen LogP) is 3.17. The molecule has 1 aromatic carbocycles. The highest BCUT2D eigenvalue weighted by Crippen LogP contribution is 2.20. The van der Waals surface area contributed by atoms with Crippen LogP contribution in [-0.4, -0.2) is 6.54 Å². The number of nitrogens with two attached hydrogens (primary N) is 1. The standard InChI is InChI=1S/C12H19BrN2/c1-3-9(2)7-15-8-10-4-5-11(13)12(14)6-10/h4-6,9,15H,3,7-8,14H2,1-2H3. The van der Waals surface area contributed by atoms with Gasteiger partial charge in [-0.05, 0) is 46.1 Å². The second kappa shape index (κ2) is 6.13. The molecule has 2 nitrogen and oxygen atoms in total. The molecule has 3 N–H and O–H groups in total. The zero-order valence-electron chi connectivity index (χ0n) is 9.39. The molecule has 0 radical (unpaired) electrons. The minimum absolute atomic E-state index is 0.734. The Morgan fingerprint density at radius 3 is 2.80 bits per heavy atom. The van der Waals surface area contributed by atoms with E-state index in [9.17, 15) is 0 Å². The van der Waals surface area contributed by atoms with Gasteiger partial charge in [-0.15, -0.1) is 0 Å². The molecular formula is C12H19BrN2. The third-order valence-electron chi connectivity index (χ3n) is 2.58. The molecule has 1 unspecified atom stereocenters. The second-order valence-electron chi connectivity index (χ2n) is 4.00. The van der Waals surface area contributed by atoms with Gasteiger partial charge in [0, 0.05) is 16.7 Å². The van der Waals surface area contributed by atoms with E-state index in [4.69, 9.17) is 5.73 Å². The molecule has 84 valence electrons. The lowest BCUT2D eigenvalue weighted by atomic mass is 10.1. The van der Waals surface area contributed by atoms with Crippen molar-refractivity contribution in [1.82, 2.24) is 5.32 Å². The third kappa shape index (κ3) is 4.22. The zero-order chi connectivity index (χ0) is 11.3. The largest absolute Gasteiger partial charge is 0.398 e. The van der Waals surface area contributed by atoms with Crippen LogP contribution in [0.15, 0.2) is 22.7 Å². The van der Waals surface area contributed by atoms with Crippen LogP contribution in [0.2, 0.25) is 0 Å². The third-order valence-corrected chi connectivity index (χ3v) is 3.30. The monoisotopic (exact) mass is 270 g/mol. The molecule has 1 aromatic rings. The normalized spacial score (nSPS) is 12.7. The lowest BCUT2D eigenvalue weighted by molar-refractivity contribution is 0.500. The van der Waals surface area contributed by atoms with Crippen LogP contribution in [0.4, 0.5) is 5.69 Å². The first-order valence-corrected chi connectivity index (χ1v) is 6.17. The molecule has 0 aliphatic heterocycles. The minimum atomic E-state index is 0.734. The van der Waals surface area contributed by atoms with Crippen molar-refractivity contribution in [3.05, 3.63) is 28.2 Å². The summed E-state index contributed by atoms with van der Waals surface area (Å²) in [4.78, 5) is 0. The number of halogens is 1. The topological polar surface area (TPSA) is 38.0 Å². The van der Waals surface area contributed by atoms with Crippen LogP contribution in [0.3, 0.4) is 0 Å². The maximum atomic E-state index is 5.80. The van der Waals surface area contributed by atoms with Gasteiger partial charge in [0.1, 0.15) is 0 Å². The Kier molecular flexibility index (Phi) is 5.12. The van der Waals surface area contributed by atoms with E-state index in [1.807, 2.05) is 12.1 Å². The van der Waals surface area contributed by atoms with Gasteiger partial charge in [-0.2, -0.15) is 0 Å². The smallest absolute Gasteiger partial charge is 0.0461 e. The summed E-state index contributed by atoms with van der Waals surface area (Å²) in [6.07, 6.45) is 1.22. The SMILES string of the molecule is CCC(C)CNCc1ccc(Br)c(N)c1. The first-order chi connectivity index (χ1) is 7.13. The van der Waals surface area contributed by atoms with Crippen LogP contribution in [0.5, 0.6) is 0 Å². The Hall–Kier alpha value is -0.540. The summed E-state index contributed by atoms with van der Waals surface area (Å²) >= 11 is 3.39. The fraction of sp³-hybridized carbons (Fsp3) is 0.500. The number of anilines is 1. The average Bonchev–Trinajstić information content (AvgIpc) is 2.23. The summed E-state index contributed by atoms with van der Waals surface area (Å²) in [6, 6.07) is 6.09. The van der Waals surface area contributed by atoms with E-state index in [1.54, 1.807) is 0 Å². The van der Waals surface area contributed by atoms with Crippen LogP contribution in [0.1, 0.15) is 25.8 Å². The van der Waals surface area contributed by atoms with Crippen LogP contribution in [0.25, 0.3) is 0 Å². The summed E-state index contributed by atoms with van der Waals surface area (Å²) in [7, 11) is 0. The number of benzene rings is 1. The summed E-state index contributed by atoms with van der Waals surface area (Å²) < 4.78 is 0.966. The summed E-state index contributed by atoms with van der Waals surface area (Å²) in [5.74, 6) is 0.734. The van der Waals surface area contributed by atoms with Crippen LogP contribution >= 0.6 is 15.9 Å². The van der Waals surface area contributed by atoms with Crippen molar-refractivity contribution < 1.29 is 0 Å². The molecular weight excluding hydrogens is 252 g/mol. The maximum absolute atomic E-state index is 5.80. The fourth-order valence-corrected chi connectivity index (χ4v) is 1.56. The van der Waals surface area contributed by atoms with Crippen molar-refractivity contribution in [3.8, 4) is 0 Å². The van der Waals surface area contributed by atoms with E-state index >= 15 is 0 Å². The molecule has 0 bridgehead atoms. The van der Waals surface area contributed by atoms with Gasteiger partial charge in [0.25, 0.3) is 0 Å². The van der Waals surface area contributed by atoms with Crippen LogP contribution < -0.4 is 11.1 Å². The number of hydrogen-bond acceptors (Lipinski definition) is 2. The molecule has 1 rings (SSSR count). The Bertz CT molecular complexity index is 312. The number of nitrogen functional groups attached to an aromatic ring is 1. The molecule has 0 amide bonds. The van der Waals surface area contributed by atoms with E-state index in [1.165, 1.54) is 12.0 Å². The van der Waals surface area contributed by atoms with E-state index < -0.39 is 0 Å². The Morgan fingerprint density at radius 1 is 1.47 bits per heavy atom. The Morgan fingerprint density at radius 2 is 2.20 bits per heavy atom. The molecule has 0 spiro atoms. The molecule has 0 aliphatic rings. The first kappa shape index (κ1) is 12.5. The molecule has 1 atom stereocenters. The predicted molar refractivity (Wildman–Crippen MR) is 69.7 cm³/mol. The number of nitrogens with one attached hydrogen (secondary N) is 1. The van der Waals surface area contributed by atoms with Crippen LogP contribution in [0, 0.1) is 5.92 Å². The molecule has 0 aromatic heterocycles. The van der Waals surface area contributed by atoms with Gasteiger partial charge in [-0.3, -0.25) is 0 Å². The molecule has 0 heterocycles. The quantitative estimate of drug-likeness (QED) is 0.807. The molecule has 0 aliphatic carbocycles. The van der Waals surface area contributed by atoms with Crippen LogP contribution in [-0.2, 0) is 6.54 Å². The lowest BCUT2D eigenvalue weighted by Crippen LogP contribution is -2.20. The molecule has 15 heavy (non-hydrogen) atoms. The molecule has 0 saturated carbocycles. The first-order valence-electron chi connectivity index (χ1n) is 5.38. The molecule has 0 saturated heterocycles. The van der Waals surface area contributed by atoms with Crippen molar-refractivity contribution in [3.63, 3.8) is 0 Å². The Balaban J connectivity index is 2.41. The van der Waals surface area contributed by atoms with E-state index in [0.717, 1.165) is 29.2 Å². The van der Waals surface area contributed by atoms with Crippen molar-refractivity contribution in [2.24, 2.45) is 5.92 Å². The molecule has 0 fully saturated rings. The van der Waals surface area contributed by atoms with Gasteiger partial charge in [0.2, 0.25) is 0 Å². The van der Waals surface area contributed by atoms with E-state index in [2.05, 4.69) is 41.2 Å². The van der Waals surface area contributed by atoms with Gasteiger partial charge in [-0.1, -0.05) is 26.3 Å². The highest BCUT2D eigenvalue weighted by molar-refractivity contribution is 9.10. The number of hydrogen-bond donors (Lipinski definition) is 2. The van der Waals surface area contributed by atoms with Gasteiger partial charge < -0.3 is 11.1 Å². The van der Waals surface area contributed by atoms with Crippen molar-refractivity contribution in [2.75, 3.05) is 12.3 Å². The van der Waals surface area contributed by atoms with Gasteiger partial charge >= 0.3 is 0 Å². The molecule has 3 heteroatoms. The summed E-state index contributed by atoms with van der Waals surface area (Å²) in [5, 5.41) is 3.43. The van der Waals surface area contributed by atoms with Gasteiger partial charge in [-0.25, -0.2) is 0 Å². The second-order valence-corrected chi connectivity index (χ2v) is 4.85. The van der Waals surface area contributed by atoms with Crippen molar-refractivity contribution in [2.45, 2.75) is 26.8 Å². The van der Waals surface area contributed by atoms with E-state index in [-0.39, 0.29) is 0 Å². The zero-order valence-corrected chi connectivity index (χ0v) is 11.0. The highest BCUT2D eigenvalue weighted by Gasteiger charge is 2.00. The van der Waals surface area contributed by atoms with E-state index in [0.29, 0.717) is 0 Å². The number of rotatable bonds is 5. The summed E-state index contributed by atoms with van der Waals surface area (Å²) in [6.45, 7) is 6.42. The lowest BCUT2D eigenvalue weighted by Gasteiger charge is -2.10. The fourth-order valence-electron chi connectivity index (χ4n) is 1.31. The average molecular weight is 271 g/mol. The summed E-state index contributed by atoms with van der Waals surface area (Å²) in [5.41, 5.74) is 7.84. The Labute approximate surface area is 100 Å². The van der Waals surface area contributed by atoms with Crippen molar-refractivity contribution >= 4 is 21.6 Å². The maximum Gasteiger partial charge on any atom is 0.0461 e.